The molecular weight excluding hydrogens is 448 g/mol. The number of fused-ring (bicyclic) bond motifs is 1. The lowest BCUT2D eigenvalue weighted by Crippen LogP contribution is -2.45. The van der Waals surface area contributed by atoms with Crippen molar-refractivity contribution in [3.8, 4) is 5.75 Å². The van der Waals surface area contributed by atoms with Crippen LogP contribution in [0.3, 0.4) is 0 Å². The Morgan fingerprint density at radius 1 is 1.14 bits per heavy atom. The van der Waals surface area contributed by atoms with Gasteiger partial charge in [0.05, 0.1) is 18.5 Å². The topological polar surface area (TPSA) is 94.2 Å². The van der Waals surface area contributed by atoms with E-state index in [-0.39, 0.29) is 18.1 Å². The quantitative estimate of drug-likeness (QED) is 0.524. The summed E-state index contributed by atoms with van der Waals surface area (Å²) in [5.41, 5.74) is 3.49. The number of benzene rings is 2. The van der Waals surface area contributed by atoms with Crippen molar-refractivity contribution >= 4 is 23.7 Å². The fraction of sp³-hybridized carbons (Fsp3) is 0.370. The van der Waals surface area contributed by atoms with E-state index in [2.05, 4.69) is 5.48 Å². The lowest BCUT2D eigenvalue weighted by Gasteiger charge is -2.34. The molecule has 0 saturated carbocycles. The van der Waals surface area contributed by atoms with Crippen LogP contribution in [-0.2, 0) is 14.4 Å². The first kappa shape index (κ1) is 23.3. The minimum Gasteiger partial charge on any atom is -0.484 e. The number of rotatable bonds is 5. The molecule has 2 aromatic carbocycles. The van der Waals surface area contributed by atoms with Crippen LogP contribution >= 0.6 is 0 Å². The van der Waals surface area contributed by atoms with Gasteiger partial charge in [-0.1, -0.05) is 24.3 Å². The number of ether oxygens (including phenoxy) is 2. The van der Waals surface area contributed by atoms with E-state index in [1.807, 2.05) is 18.2 Å². The van der Waals surface area contributed by atoms with Gasteiger partial charge in [0, 0.05) is 37.6 Å². The Morgan fingerprint density at radius 3 is 2.80 bits per heavy atom. The Kier molecular flexibility index (Phi) is 6.66. The van der Waals surface area contributed by atoms with Crippen molar-refractivity contribution in [3.63, 3.8) is 0 Å². The highest BCUT2D eigenvalue weighted by molar-refractivity contribution is 6.01. The number of carbonyl (C=O) groups is 3. The molecule has 2 aromatic rings. The van der Waals surface area contributed by atoms with E-state index >= 15 is 0 Å². The minimum atomic E-state index is -0.704. The van der Waals surface area contributed by atoms with Crippen molar-refractivity contribution in [1.82, 2.24) is 10.4 Å². The Balaban J connectivity index is 1.21. The van der Waals surface area contributed by atoms with Crippen LogP contribution in [0.5, 0.6) is 5.75 Å². The van der Waals surface area contributed by atoms with Crippen molar-refractivity contribution < 1.29 is 28.7 Å². The van der Waals surface area contributed by atoms with E-state index < -0.39 is 17.8 Å². The van der Waals surface area contributed by atoms with Crippen LogP contribution in [0, 0.1) is 0 Å². The molecule has 1 spiro atoms. The molecule has 3 aliphatic heterocycles. The molecule has 5 rings (SSSR count). The number of amides is 2. The summed E-state index contributed by atoms with van der Waals surface area (Å²) < 4.78 is 11.7. The maximum absolute atomic E-state index is 13.0. The van der Waals surface area contributed by atoms with Crippen LogP contribution in [0.4, 0.5) is 0 Å². The van der Waals surface area contributed by atoms with Gasteiger partial charge in [0.1, 0.15) is 11.4 Å². The first-order valence-corrected chi connectivity index (χ1v) is 12.0. The zero-order valence-corrected chi connectivity index (χ0v) is 19.4. The molecule has 0 bridgehead atoms. The van der Waals surface area contributed by atoms with Crippen molar-refractivity contribution in [1.29, 1.82) is 0 Å². The molecule has 2 fully saturated rings. The van der Waals surface area contributed by atoms with E-state index in [9.17, 15) is 14.4 Å². The second kappa shape index (κ2) is 10.0. The molecule has 182 valence electrons. The van der Waals surface area contributed by atoms with E-state index in [4.69, 9.17) is 14.3 Å². The fourth-order valence-electron chi connectivity index (χ4n) is 4.76. The van der Waals surface area contributed by atoms with E-state index in [0.29, 0.717) is 48.6 Å². The normalized spacial score (nSPS) is 23.8. The highest BCUT2D eigenvalue weighted by atomic mass is 16.8. The predicted molar refractivity (Wildman–Crippen MR) is 128 cm³/mol. The third-order valence-electron chi connectivity index (χ3n) is 6.59. The molecule has 3 heterocycles. The molecule has 2 saturated heterocycles. The van der Waals surface area contributed by atoms with Crippen LogP contribution in [0.15, 0.2) is 54.6 Å². The van der Waals surface area contributed by atoms with Crippen LogP contribution in [0.1, 0.15) is 58.4 Å². The van der Waals surface area contributed by atoms with E-state index in [0.717, 1.165) is 19.3 Å². The summed E-state index contributed by atoms with van der Waals surface area (Å²) in [6, 6.07) is 14.4. The molecule has 2 amide bonds. The zero-order valence-electron chi connectivity index (χ0n) is 19.4. The molecular formula is C27H28N2O6. The van der Waals surface area contributed by atoms with Gasteiger partial charge >= 0.3 is 0 Å². The summed E-state index contributed by atoms with van der Waals surface area (Å²) in [4.78, 5) is 45.0. The van der Waals surface area contributed by atoms with Gasteiger partial charge in [0.15, 0.2) is 12.1 Å². The number of hydroxylamine groups is 1. The molecule has 0 aliphatic carbocycles. The molecule has 1 N–H and O–H groups in total. The number of nitrogens with zero attached hydrogens (tertiary/aromatic N) is 1. The van der Waals surface area contributed by atoms with Gasteiger partial charge in [0.25, 0.3) is 11.8 Å². The summed E-state index contributed by atoms with van der Waals surface area (Å²) in [6.07, 6.45) is 6.12. The molecule has 2 atom stereocenters. The first-order valence-electron chi connectivity index (χ1n) is 12.0. The second-order valence-corrected chi connectivity index (χ2v) is 9.20. The lowest BCUT2D eigenvalue weighted by atomic mass is 9.88. The maximum atomic E-state index is 13.0. The smallest absolute Gasteiger partial charge is 0.267 e. The highest BCUT2D eigenvalue weighted by Crippen LogP contribution is 2.39. The number of Topliss-reactive ketones (excluding diaryl/α,β-unsaturated/α-hetero) is 1. The molecule has 0 radical (unpaired) electrons. The van der Waals surface area contributed by atoms with Gasteiger partial charge in [-0.05, 0) is 48.7 Å². The van der Waals surface area contributed by atoms with Crippen molar-refractivity contribution in [2.75, 3.05) is 19.7 Å². The Bertz CT molecular complexity index is 1140. The third-order valence-corrected chi connectivity index (χ3v) is 6.59. The van der Waals surface area contributed by atoms with Crippen molar-refractivity contribution in [2.24, 2.45) is 0 Å². The van der Waals surface area contributed by atoms with Crippen molar-refractivity contribution in [2.45, 2.75) is 44.0 Å². The van der Waals surface area contributed by atoms with Crippen LogP contribution in [0.25, 0.3) is 6.08 Å². The number of likely N-dealkylation sites (tertiary alicyclic amines) is 1. The number of hydrogen-bond donors (Lipinski definition) is 1. The van der Waals surface area contributed by atoms with Gasteiger partial charge in [-0.2, -0.15) is 0 Å². The number of ketones is 1. The number of hydrogen-bond acceptors (Lipinski definition) is 6. The zero-order chi connectivity index (χ0) is 24.3. The molecule has 35 heavy (non-hydrogen) atoms. The number of carbonyl (C=O) groups excluding carboxylic acids is 3. The summed E-state index contributed by atoms with van der Waals surface area (Å²) in [5.74, 6) is 0.0158. The molecule has 8 heteroatoms. The summed E-state index contributed by atoms with van der Waals surface area (Å²) in [7, 11) is 0. The van der Waals surface area contributed by atoms with Crippen LogP contribution in [0.2, 0.25) is 0 Å². The fourth-order valence-corrected chi connectivity index (χ4v) is 4.76. The average Bonchev–Trinajstić information content (AvgIpc) is 3.29. The van der Waals surface area contributed by atoms with Crippen LogP contribution < -0.4 is 10.2 Å². The van der Waals surface area contributed by atoms with Gasteiger partial charge < -0.3 is 14.4 Å². The molecule has 0 aromatic heterocycles. The predicted octanol–water partition coefficient (Wildman–Crippen LogP) is 3.52. The summed E-state index contributed by atoms with van der Waals surface area (Å²) >= 11 is 0. The molecule has 8 nitrogen and oxygen atoms in total. The number of nitrogens with one attached hydrogen (secondary N) is 1. The maximum Gasteiger partial charge on any atom is 0.267 e. The first-order chi connectivity index (χ1) is 17.0. The Hall–Kier alpha value is -3.49. The minimum absolute atomic E-state index is 0.0299. The van der Waals surface area contributed by atoms with E-state index in [1.54, 1.807) is 41.3 Å². The third kappa shape index (κ3) is 5.28. The lowest BCUT2D eigenvalue weighted by molar-refractivity contribution is -0.198. The van der Waals surface area contributed by atoms with Crippen molar-refractivity contribution in [3.05, 3.63) is 71.3 Å². The van der Waals surface area contributed by atoms with Crippen LogP contribution in [-0.4, -0.2) is 54.1 Å². The van der Waals surface area contributed by atoms with Gasteiger partial charge in [-0.15, -0.1) is 0 Å². The second-order valence-electron chi connectivity index (χ2n) is 9.20. The highest BCUT2D eigenvalue weighted by Gasteiger charge is 2.47. The summed E-state index contributed by atoms with van der Waals surface area (Å²) in [5, 5.41) is 0. The molecule has 3 aliphatic rings. The van der Waals surface area contributed by atoms with Gasteiger partial charge in [-0.25, -0.2) is 10.3 Å². The Labute approximate surface area is 203 Å². The standard InChI is InChI=1S/C27H28N2O6/c30-22-17-27(13-14-29(18-27)26(32)20-6-2-1-3-7-20)34-23-11-9-19(16-21(22)23)10-12-24(31)28-35-25-8-4-5-15-33-25/h1-3,6-7,9-12,16,25H,4-5,8,13-15,17-18H2,(H,28,31). The largest absolute Gasteiger partial charge is 0.484 e. The Morgan fingerprint density at radius 2 is 2.00 bits per heavy atom. The summed E-state index contributed by atoms with van der Waals surface area (Å²) in [6.45, 7) is 1.54. The van der Waals surface area contributed by atoms with E-state index in [1.165, 1.54) is 6.08 Å². The monoisotopic (exact) mass is 476 g/mol. The van der Waals surface area contributed by atoms with Gasteiger partial charge in [-0.3, -0.25) is 14.4 Å². The van der Waals surface area contributed by atoms with Gasteiger partial charge in [0.2, 0.25) is 0 Å². The SMILES string of the molecule is O=C(C=Cc1ccc2c(c1)C(=O)CC1(CCN(C(=O)c3ccccc3)C1)O2)NOC1CCCCO1. The molecule has 2 unspecified atom stereocenters. The average molecular weight is 477 g/mol.